The van der Waals surface area contributed by atoms with Crippen LogP contribution in [0.2, 0.25) is 0 Å². The number of carbonyl (C=O) groups excluding carboxylic acids is 1. The lowest BCUT2D eigenvalue weighted by Crippen LogP contribution is -2.41. The lowest BCUT2D eigenvalue weighted by Gasteiger charge is -2.41. The van der Waals surface area contributed by atoms with E-state index >= 15 is 0 Å². The Hall–Kier alpha value is -3.35. The highest BCUT2D eigenvalue weighted by atomic mass is 16.4. The Bertz CT molecular complexity index is 1230. The molecule has 1 fully saturated rings. The molecule has 0 unspecified atom stereocenters. The Morgan fingerprint density at radius 2 is 1.74 bits per heavy atom. The molecule has 2 N–H and O–H groups in total. The highest BCUT2D eigenvalue weighted by Crippen LogP contribution is 2.40. The molecule has 38 heavy (non-hydrogen) atoms. The number of amides is 1. The maximum absolute atomic E-state index is 12.5. The molecule has 4 rings (SSSR count). The fourth-order valence-electron chi connectivity index (χ4n) is 5.71. The molecule has 2 aromatic carbocycles. The summed E-state index contributed by atoms with van der Waals surface area (Å²) in [6.07, 6.45) is 5.20. The zero-order chi connectivity index (χ0) is 27.3. The van der Waals surface area contributed by atoms with E-state index in [1.165, 1.54) is 12.8 Å². The zero-order valence-electron chi connectivity index (χ0n) is 23.2. The van der Waals surface area contributed by atoms with E-state index in [1.54, 1.807) is 0 Å². The third-order valence-electron chi connectivity index (χ3n) is 7.99. The molecule has 1 heterocycles. The summed E-state index contributed by atoms with van der Waals surface area (Å²) < 4.78 is 2.32. The van der Waals surface area contributed by atoms with E-state index in [9.17, 15) is 9.59 Å². The van der Waals surface area contributed by atoms with Crippen molar-refractivity contribution in [2.24, 2.45) is 11.3 Å². The van der Waals surface area contributed by atoms with Crippen molar-refractivity contribution < 1.29 is 14.7 Å². The van der Waals surface area contributed by atoms with Gasteiger partial charge in [-0.1, -0.05) is 45.0 Å². The van der Waals surface area contributed by atoms with Gasteiger partial charge in [-0.05, 0) is 80.2 Å². The number of carbonyl (C=O) groups is 2. The molecule has 0 spiro atoms. The molecule has 1 aliphatic carbocycles. The Morgan fingerprint density at radius 3 is 2.37 bits per heavy atom. The normalized spacial score (nSPS) is 17.9. The fraction of sp³-hybridized carbons (Fsp3) is 0.516. The highest BCUT2D eigenvalue weighted by molar-refractivity contribution is 5.94. The van der Waals surface area contributed by atoms with E-state index < -0.39 is 5.97 Å². The maximum Gasteiger partial charge on any atom is 0.303 e. The molecule has 0 bridgehead atoms. The number of hydrogen-bond acceptors (Lipinski definition) is 4. The molecule has 0 saturated heterocycles. The van der Waals surface area contributed by atoms with Gasteiger partial charge in [0, 0.05) is 37.7 Å². The second-order valence-electron chi connectivity index (χ2n) is 11.6. The SMILES string of the molecule is CCn1c(N(Cc2ccc(C(=O)NCCCC(=O)O)cc2)C2CCC(C(C)(C)C)CC2)nc2ccccc21. The number of benzene rings is 2. The Balaban J connectivity index is 1.54. The predicted octanol–water partition coefficient (Wildman–Crippen LogP) is 6.26. The van der Waals surface area contributed by atoms with Crippen LogP contribution in [0.15, 0.2) is 48.5 Å². The van der Waals surface area contributed by atoms with Crippen LogP contribution in [0.25, 0.3) is 11.0 Å². The van der Waals surface area contributed by atoms with Crippen molar-refractivity contribution >= 4 is 28.9 Å². The predicted molar refractivity (Wildman–Crippen MR) is 152 cm³/mol. The van der Waals surface area contributed by atoms with Crippen molar-refractivity contribution in [3.63, 3.8) is 0 Å². The molecule has 0 aliphatic heterocycles. The van der Waals surface area contributed by atoms with Crippen molar-refractivity contribution in [1.29, 1.82) is 0 Å². The fourth-order valence-corrected chi connectivity index (χ4v) is 5.71. The lowest BCUT2D eigenvalue weighted by atomic mass is 9.71. The average Bonchev–Trinajstić information content (AvgIpc) is 3.28. The molecule has 0 radical (unpaired) electrons. The standard InChI is InChI=1S/C31H42N4O3/c1-5-34-27-10-7-6-9-26(27)33-30(34)35(25-18-16-24(17-19-25)31(2,3)4)21-22-12-14-23(15-13-22)29(38)32-20-8-11-28(36)37/h6-7,9-10,12-15,24-25H,5,8,11,16-21H2,1-4H3,(H,32,38)(H,36,37). The minimum atomic E-state index is -0.850. The quantitative estimate of drug-likeness (QED) is 0.309. The summed E-state index contributed by atoms with van der Waals surface area (Å²) in [7, 11) is 0. The van der Waals surface area contributed by atoms with Crippen LogP contribution in [-0.4, -0.2) is 39.1 Å². The van der Waals surface area contributed by atoms with E-state index in [2.05, 4.69) is 60.7 Å². The first-order chi connectivity index (χ1) is 18.2. The van der Waals surface area contributed by atoms with Crippen LogP contribution < -0.4 is 10.2 Å². The number of aliphatic carboxylic acids is 1. The monoisotopic (exact) mass is 518 g/mol. The molecule has 1 saturated carbocycles. The van der Waals surface area contributed by atoms with Gasteiger partial charge in [-0.25, -0.2) is 4.98 Å². The molecule has 1 aromatic heterocycles. The number of nitrogens with zero attached hydrogens (tertiary/aromatic N) is 3. The van der Waals surface area contributed by atoms with Gasteiger partial charge in [0.05, 0.1) is 11.0 Å². The largest absolute Gasteiger partial charge is 0.481 e. The number of hydrogen-bond donors (Lipinski definition) is 2. The van der Waals surface area contributed by atoms with Gasteiger partial charge in [0.25, 0.3) is 5.91 Å². The average molecular weight is 519 g/mol. The summed E-state index contributed by atoms with van der Waals surface area (Å²) in [6, 6.07) is 16.5. The molecule has 0 atom stereocenters. The van der Waals surface area contributed by atoms with Gasteiger partial charge in [0.2, 0.25) is 5.95 Å². The molecule has 204 valence electrons. The lowest BCUT2D eigenvalue weighted by molar-refractivity contribution is -0.137. The Kier molecular flexibility index (Phi) is 8.75. The van der Waals surface area contributed by atoms with Gasteiger partial charge in [-0.15, -0.1) is 0 Å². The van der Waals surface area contributed by atoms with Crippen LogP contribution in [-0.2, 0) is 17.9 Å². The number of imidazole rings is 1. The van der Waals surface area contributed by atoms with Crippen molar-refractivity contribution in [2.75, 3.05) is 11.4 Å². The first kappa shape index (κ1) is 27.7. The third-order valence-corrected chi connectivity index (χ3v) is 7.99. The second-order valence-corrected chi connectivity index (χ2v) is 11.6. The van der Waals surface area contributed by atoms with Crippen LogP contribution in [0.5, 0.6) is 0 Å². The zero-order valence-corrected chi connectivity index (χ0v) is 23.2. The number of carboxylic acids is 1. The summed E-state index contributed by atoms with van der Waals surface area (Å²) in [5.41, 5.74) is 4.24. The number of aromatic nitrogens is 2. The molecule has 1 aliphatic rings. The van der Waals surface area contributed by atoms with Crippen molar-refractivity contribution in [3.05, 3.63) is 59.7 Å². The number of fused-ring (bicyclic) bond motifs is 1. The molecular formula is C31H42N4O3. The smallest absolute Gasteiger partial charge is 0.303 e. The number of anilines is 1. The van der Waals surface area contributed by atoms with Gasteiger partial charge in [-0.2, -0.15) is 0 Å². The summed E-state index contributed by atoms with van der Waals surface area (Å²) in [5.74, 6) is 0.732. The van der Waals surface area contributed by atoms with Gasteiger partial charge in [0.1, 0.15) is 0 Å². The highest BCUT2D eigenvalue weighted by Gasteiger charge is 2.33. The third kappa shape index (κ3) is 6.55. The Labute approximate surface area is 226 Å². The van der Waals surface area contributed by atoms with E-state index in [4.69, 9.17) is 10.1 Å². The van der Waals surface area contributed by atoms with Crippen molar-refractivity contribution in [2.45, 2.75) is 85.4 Å². The molecule has 3 aromatic rings. The van der Waals surface area contributed by atoms with Crippen LogP contribution in [0, 0.1) is 11.3 Å². The van der Waals surface area contributed by atoms with Crippen molar-refractivity contribution in [3.8, 4) is 0 Å². The minimum absolute atomic E-state index is 0.0508. The van der Waals surface area contributed by atoms with Gasteiger partial charge in [0.15, 0.2) is 0 Å². The summed E-state index contributed by atoms with van der Waals surface area (Å²) in [6.45, 7) is 11.2. The summed E-state index contributed by atoms with van der Waals surface area (Å²) in [5, 5.41) is 11.6. The van der Waals surface area contributed by atoms with Crippen LogP contribution in [0.3, 0.4) is 0 Å². The van der Waals surface area contributed by atoms with E-state index in [0.717, 1.165) is 54.4 Å². The van der Waals surface area contributed by atoms with Crippen LogP contribution >= 0.6 is 0 Å². The number of aryl methyl sites for hydroxylation is 1. The number of para-hydroxylation sites is 2. The maximum atomic E-state index is 12.5. The van der Waals surface area contributed by atoms with E-state index in [1.807, 2.05) is 30.3 Å². The van der Waals surface area contributed by atoms with Crippen molar-refractivity contribution in [1.82, 2.24) is 14.9 Å². The Morgan fingerprint density at radius 1 is 1.05 bits per heavy atom. The minimum Gasteiger partial charge on any atom is -0.481 e. The first-order valence-corrected chi connectivity index (χ1v) is 14.0. The van der Waals surface area contributed by atoms with Gasteiger partial charge >= 0.3 is 5.97 Å². The van der Waals surface area contributed by atoms with E-state index in [0.29, 0.717) is 30.0 Å². The summed E-state index contributed by atoms with van der Waals surface area (Å²) >= 11 is 0. The van der Waals surface area contributed by atoms with Crippen LogP contribution in [0.4, 0.5) is 5.95 Å². The second kappa shape index (κ2) is 12.0. The number of carboxylic acid groups (broad SMARTS) is 1. The molecule has 1 amide bonds. The van der Waals surface area contributed by atoms with Crippen LogP contribution in [0.1, 0.15) is 82.1 Å². The van der Waals surface area contributed by atoms with E-state index in [-0.39, 0.29) is 12.3 Å². The molecule has 7 heteroatoms. The number of rotatable bonds is 10. The number of nitrogens with one attached hydrogen (secondary N) is 1. The topological polar surface area (TPSA) is 87.5 Å². The first-order valence-electron chi connectivity index (χ1n) is 14.0. The molecular weight excluding hydrogens is 476 g/mol. The summed E-state index contributed by atoms with van der Waals surface area (Å²) in [4.78, 5) is 30.8. The molecule has 7 nitrogen and oxygen atoms in total. The van der Waals surface area contributed by atoms with Gasteiger partial charge in [-0.3, -0.25) is 9.59 Å². The van der Waals surface area contributed by atoms with Gasteiger partial charge < -0.3 is 19.9 Å².